The van der Waals surface area contributed by atoms with Crippen LogP contribution in [0, 0.1) is 13.8 Å². The first-order valence-corrected chi connectivity index (χ1v) is 8.78. The van der Waals surface area contributed by atoms with E-state index in [-0.39, 0.29) is 6.03 Å². The van der Waals surface area contributed by atoms with Crippen molar-refractivity contribution < 1.29 is 4.79 Å². The number of amides is 2. The number of rotatable bonds is 6. The Kier molecular flexibility index (Phi) is 5.87. The number of nitrogens with zero attached hydrogens (tertiary/aromatic N) is 4. The summed E-state index contributed by atoms with van der Waals surface area (Å²) in [6, 6.07) is 6.90. The maximum atomic E-state index is 11.9. The summed E-state index contributed by atoms with van der Waals surface area (Å²) in [7, 11) is 0. The number of anilines is 2. The molecule has 0 fully saturated rings. The molecule has 0 unspecified atom stereocenters. The van der Waals surface area contributed by atoms with Crippen LogP contribution >= 0.6 is 11.6 Å². The molecule has 3 N–H and O–H groups in total. The normalized spacial score (nSPS) is 10.5. The van der Waals surface area contributed by atoms with E-state index in [1.807, 2.05) is 36.7 Å². The van der Waals surface area contributed by atoms with Crippen LogP contribution in [0.5, 0.6) is 0 Å². The molecule has 140 valence electrons. The molecule has 0 spiro atoms. The van der Waals surface area contributed by atoms with Crippen LogP contribution in [0.25, 0.3) is 5.82 Å². The topological polar surface area (TPSA) is 96.8 Å². The fourth-order valence-electron chi connectivity index (χ4n) is 2.41. The summed E-state index contributed by atoms with van der Waals surface area (Å²) in [6.45, 7) is 4.75. The van der Waals surface area contributed by atoms with Gasteiger partial charge in [-0.05, 0) is 31.5 Å². The van der Waals surface area contributed by atoms with Crippen molar-refractivity contribution in [2.75, 3.05) is 23.7 Å². The van der Waals surface area contributed by atoms with Gasteiger partial charge in [-0.25, -0.2) is 19.7 Å². The van der Waals surface area contributed by atoms with Gasteiger partial charge in [-0.3, -0.25) is 4.57 Å². The Morgan fingerprint density at radius 2 is 2.00 bits per heavy atom. The van der Waals surface area contributed by atoms with Gasteiger partial charge in [-0.2, -0.15) is 0 Å². The van der Waals surface area contributed by atoms with Crippen LogP contribution in [-0.2, 0) is 0 Å². The second-order valence-corrected chi connectivity index (χ2v) is 6.28. The van der Waals surface area contributed by atoms with Gasteiger partial charge in [0.2, 0.25) is 0 Å². The van der Waals surface area contributed by atoms with Crippen molar-refractivity contribution in [2.45, 2.75) is 13.8 Å². The Labute approximate surface area is 162 Å². The van der Waals surface area contributed by atoms with Crippen molar-refractivity contribution in [1.29, 1.82) is 0 Å². The molecule has 2 heterocycles. The van der Waals surface area contributed by atoms with Crippen LogP contribution in [0.15, 0.2) is 43.0 Å². The number of nitrogens with one attached hydrogen (secondary N) is 3. The number of hydrogen-bond acceptors (Lipinski definition) is 5. The number of hydrogen-bond donors (Lipinski definition) is 3. The molecule has 2 amide bonds. The summed E-state index contributed by atoms with van der Waals surface area (Å²) in [5, 5.41) is 9.28. The fourth-order valence-corrected chi connectivity index (χ4v) is 2.59. The number of urea groups is 1. The summed E-state index contributed by atoms with van der Waals surface area (Å²) in [5.41, 5.74) is 1.61. The van der Waals surface area contributed by atoms with Crippen molar-refractivity contribution in [3.63, 3.8) is 0 Å². The Balaban J connectivity index is 1.47. The smallest absolute Gasteiger partial charge is 0.319 e. The van der Waals surface area contributed by atoms with E-state index in [2.05, 4.69) is 30.9 Å². The maximum Gasteiger partial charge on any atom is 0.319 e. The van der Waals surface area contributed by atoms with Crippen molar-refractivity contribution in [3.05, 3.63) is 59.4 Å². The highest BCUT2D eigenvalue weighted by Crippen LogP contribution is 2.19. The highest BCUT2D eigenvalue weighted by Gasteiger charge is 2.05. The Morgan fingerprint density at radius 3 is 2.74 bits per heavy atom. The number of aromatic nitrogens is 4. The minimum absolute atomic E-state index is 0.297. The van der Waals surface area contributed by atoms with Crippen LogP contribution < -0.4 is 16.0 Å². The standard InChI is InChI=1S/C18H20ClN7O/c1-12-3-4-14(9-15(12)19)25-18(27)22-6-5-21-16-10-17(24-11-23-16)26-8-7-20-13(26)2/h3-4,7-11H,5-6H2,1-2H3,(H,21,23,24)(H2,22,25,27). The first-order chi connectivity index (χ1) is 13.0. The number of halogens is 1. The highest BCUT2D eigenvalue weighted by atomic mass is 35.5. The van der Waals surface area contributed by atoms with Crippen LogP contribution in [0.1, 0.15) is 11.4 Å². The Hall–Kier alpha value is -3.13. The molecule has 3 aromatic rings. The first-order valence-electron chi connectivity index (χ1n) is 8.40. The SMILES string of the molecule is Cc1ccc(NC(=O)NCCNc2cc(-n3ccnc3C)ncn2)cc1Cl. The second-order valence-electron chi connectivity index (χ2n) is 5.88. The van der Waals surface area contributed by atoms with Gasteiger partial charge in [0.05, 0.1) is 0 Å². The minimum atomic E-state index is -0.297. The summed E-state index contributed by atoms with van der Waals surface area (Å²) < 4.78 is 1.87. The van der Waals surface area contributed by atoms with Gasteiger partial charge in [-0.1, -0.05) is 17.7 Å². The van der Waals surface area contributed by atoms with Gasteiger partial charge < -0.3 is 16.0 Å². The summed E-state index contributed by atoms with van der Waals surface area (Å²) in [4.78, 5) is 24.5. The van der Waals surface area contributed by atoms with Crippen LogP contribution in [0.3, 0.4) is 0 Å². The Bertz CT molecular complexity index is 941. The van der Waals surface area contributed by atoms with Crippen molar-refractivity contribution in [1.82, 2.24) is 24.8 Å². The second kappa shape index (κ2) is 8.50. The maximum absolute atomic E-state index is 11.9. The van der Waals surface area contributed by atoms with Crippen LogP contribution in [0.2, 0.25) is 5.02 Å². The molecule has 8 nitrogen and oxygen atoms in total. The molecule has 0 aliphatic carbocycles. The number of imidazole rings is 1. The number of benzene rings is 1. The van der Waals surface area contributed by atoms with E-state index in [0.717, 1.165) is 17.2 Å². The quantitative estimate of drug-likeness (QED) is 0.566. The highest BCUT2D eigenvalue weighted by molar-refractivity contribution is 6.31. The number of aryl methyl sites for hydroxylation is 2. The van der Waals surface area contributed by atoms with E-state index < -0.39 is 0 Å². The van der Waals surface area contributed by atoms with E-state index in [1.165, 1.54) is 6.33 Å². The van der Waals surface area contributed by atoms with Gasteiger partial charge in [0.25, 0.3) is 0 Å². The molecule has 0 aliphatic rings. The zero-order chi connectivity index (χ0) is 19.2. The fraction of sp³-hybridized carbons (Fsp3) is 0.222. The third-order valence-corrected chi connectivity index (χ3v) is 4.28. The zero-order valence-corrected chi connectivity index (χ0v) is 15.8. The lowest BCUT2D eigenvalue weighted by Gasteiger charge is -2.10. The molecule has 0 aliphatic heterocycles. The lowest BCUT2D eigenvalue weighted by molar-refractivity contribution is 0.252. The number of carbonyl (C=O) groups excluding carboxylic acids is 1. The molecule has 0 radical (unpaired) electrons. The van der Waals surface area contributed by atoms with Crippen LogP contribution in [-0.4, -0.2) is 38.6 Å². The van der Waals surface area contributed by atoms with Crippen LogP contribution in [0.4, 0.5) is 16.3 Å². The average molecular weight is 386 g/mol. The van der Waals surface area contributed by atoms with Crippen molar-refractivity contribution >= 4 is 29.1 Å². The van der Waals surface area contributed by atoms with E-state index in [4.69, 9.17) is 11.6 Å². The predicted octanol–water partition coefficient (Wildman–Crippen LogP) is 3.17. The predicted molar refractivity (Wildman–Crippen MR) is 106 cm³/mol. The van der Waals surface area contributed by atoms with Gasteiger partial charge >= 0.3 is 6.03 Å². The third-order valence-electron chi connectivity index (χ3n) is 3.87. The van der Waals surface area contributed by atoms with Gasteiger partial charge in [0.1, 0.15) is 23.8 Å². The molecule has 0 bridgehead atoms. The van der Waals surface area contributed by atoms with E-state index in [0.29, 0.717) is 29.6 Å². The molecule has 27 heavy (non-hydrogen) atoms. The van der Waals surface area contributed by atoms with Gasteiger partial charge in [0.15, 0.2) is 0 Å². The van der Waals surface area contributed by atoms with E-state index in [9.17, 15) is 4.79 Å². The van der Waals surface area contributed by atoms with E-state index >= 15 is 0 Å². The van der Waals surface area contributed by atoms with Crippen molar-refractivity contribution in [3.8, 4) is 5.82 Å². The molecule has 0 saturated carbocycles. The molecular formula is C18H20ClN7O. The zero-order valence-electron chi connectivity index (χ0n) is 15.0. The molecule has 1 aromatic carbocycles. The molecule has 0 atom stereocenters. The minimum Gasteiger partial charge on any atom is -0.368 e. The van der Waals surface area contributed by atoms with E-state index in [1.54, 1.807) is 18.3 Å². The molecular weight excluding hydrogens is 366 g/mol. The molecule has 2 aromatic heterocycles. The molecule has 3 rings (SSSR count). The monoisotopic (exact) mass is 385 g/mol. The number of carbonyl (C=O) groups is 1. The van der Waals surface area contributed by atoms with Crippen molar-refractivity contribution in [2.24, 2.45) is 0 Å². The molecule has 0 saturated heterocycles. The lowest BCUT2D eigenvalue weighted by Crippen LogP contribution is -2.32. The van der Waals surface area contributed by atoms with Gasteiger partial charge in [-0.15, -0.1) is 0 Å². The third kappa shape index (κ3) is 4.95. The summed E-state index contributed by atoms with van der Waals surface area (Å²) in [5.74, 6) is 2.24. The average Bonchev–Trinajstić information content (AvgIpc) is 3.08. The first kappa shape index (κ1) is 18.7. The molecule has 9 heteroatoms. The summed E-state index contributed by atoms with van der Waals surface area (Å²) in [6.07, 6.45) is 5.04. The Morgan fingerprint density at radius 1 is 1.15 bits per heavy atom. The van der Waals surface area contributed by atoms with Gasteiger partial charge in [0, 0.05) is 42.3 Å². The summed E-state index contributed by atoms with van der Waals surface area (Å²) >= 11 is 6.05. The largest absolute Gasteiger partial charge is 0.368 e. The lowest BCUT2D eigenvalue weighted by atomic mass is 10.2.